The second kappa shape index (κ2) is 7.42. The van der Waals surface area contributed by atoms with Gasteiger partial charge >= 0.3 is 0 Å². The third-order valence-electron chi connectivity index (χ3n) is 4.70. The van der Waals surface area contributed by atoms with Crippen LogP contribution in [0.3, 0.4) is 0 Å². The molecule has 0 aliphatic heterocycles. The van der Waals surface area contributed by atoms with Gasteiger partial charge < -0.3 is 5.32 Å². The predicted octanol–water partition coefficient (Wildman–Crippen LogP) is 5.35. The van der Waals surface area contributed by atoms with E-state index in [0.717, 1.165) is 23.9 Å². The van der Waals surface area contributed by atoms with Crippen LogP contribution in [0.5, 0.6) is 0 Å². The average Bonchev–Trinajstić information content (AvgIpc) is 2.48. The Bertz CT molecular complexity index is 427. The summed E-state index contributed by atoms with van der Waals surface area (Å²) >= 11 is 5.72. The van der Waals surface area contributed by atoms with E-state index in [1.165, 1.54) is 38.2 Å². The summed E-state index contributed by atoms with van der Waals surface area (Å²) in [5, 5.41) is 3.73. The third-order valence-corrected chi connectivity index (χ3v) is 5.01. The summed E-state index contributed by atoms with van der Waals surface area (Å²) in [4.78, 5) is 0. The molecule has 1 atom stereocenters. The van der Waals surface area contributed by atoms with Gasteiger partial charge in [-0.1, -0.05) is 43.9 Å². The van der Waals surface area contributed by atoms with E-state index >= 15 is 0 Å². The first kappa shape index (κ1) is 15.8. The van der Waals surface area contributed by atoms with Crippen LogP contribution in [0.2, 0.25) is 5.02 Å². The fourth-order valence-corrected chi connectivity index (χ4v) is 3.20. The molecule has 1 aromatic rings. The summed E-state index contributed by atoms with van der Waals surface area (Å²) in [6.07, 6.45) is 6.71. The number of hydrogen-bond donors (Lipinski definition) is 1. The first-order chi connectivity index (χ1) is 9.60. The van der Waals surface area contributed by atoms with Crippen LogP contribution in [0.25, 0.3) is 0 Å². The molecule has 0 radical (unpaired) electrons. The summed E-state index contributed by atoms with van der Waals surface area (Å²) in [5.41, 5.74) is 0.967. The highest BCUT2D eigenvalue weighted by atomic mass is 35.5. The highest BCUT2D eigenvalue weighted by Crippen LogP contribution is 2.30. The maximum absolute atomic E-state index is 13.5. The fourth-order valence-electron chi connectivity index (χ4n) is 3.09. The van der Waals surface area contributed by atoms with E-state index in [4.69, 9.17) is 11.6 Å². The van der Waals surface area contributed by atoms with E-state index in [1.807, 2.05) is 6.07 Å². The molecule has 0 saturated heterocycles. The summed E-state index contributed by atoms with van der Waals surface area (Å²) in [6.45, 7) is 5.41. The zero-order chi connectivity index (χ0) is 14.5. The Labute approximate surface area is 126 Å². The zero-order valence-electron chi connectivity index (χ0n) is 12.5. The largest absolute Gasteiger partial charge is 0.310 e. The predicted molar refractivity (Wildman–Crippen MR) is 83.6 cm³/mol. The molecule has 0 spiro atoms. The van der Waals surface area contributed by atoms with Crippen LogP contribution in [0.15, 0.2) is 18.2 Å². The normalized spacial score (nSPS) is 24.6. The van der Waals surface area contributed by atoms with Gasteiger partial charge in [-0.15, -0.1) is 0 Å². The van der Waals surface area contributed by atoms with Crippen LogP contribution in [-0.4, -0.2) is 6.54 Å². The molecule has 1 aliphatic carbocycles. The molecule has 1 fully saturated rings. The Balaban J connectivity index is 1.80. The van der Waals surface area contributed by atoms with E-state index in [1.54, 1.807) is 6.07 Å². The standard InChI is InChI=1S/C17H25ClFN/c1-3-13-4-6-14(7-5-13)11-20-12(2)15-8-9-16(18)17(19)10-15/h8-10,12-14,20H,3-7,11H2,1-2H3. The lowest BCUT2D eigenvalue weighted by Crippen LogP contribution is -2.28. The highest BCUT2D eigenvalue weighted by molar-refractivity contribution is 6.30. The van der Waals surface area contributed by atoms with Gasteiger partial charge in [-0.3, -0.25) is 0 Å². The highest BCUT2D eigenvalue weighted by Gasteiger charge is 2.20. The van der Waals surface area contributed by atoms with Crippen LogP contribution in [0, 0.1) is 17.7 Å². The molecule has 0 bridgehead atoms. The van der Waals surface area contributed by atoms with Crippen molar-refractivity contribution < 1.29 is 4.39 Å². The minimum Gasteiger partial charge on any atom is -0.310 e. The van der Waals surface area contributed by atoms with Gasteiger partial charge in [0.25, 0.3) is 0 Å². The average molecular weight is 298 g/mol. The van der Waals surface area contributed by atoms with Crippen molar-refractivity contribution >= 4 is 11.6 Å². The van der Waals surface area contributed by atoms with Crippen molar-refractivity contribution in [3.05, 3.63) is 34.6 Å². The molecule has 20 heavy (non-hydrogen) atoms. The Morgan fingerprint density at radius 3 is 2.50 bits per heavy atom. The minimum absolute atomic E-state index is 0.172. The second-order valence-corrected chi connectivity index (χ2v) is 6.51. The molecule has 0 heterocycles. The molecule has 1 unspecified atom stereocenters. The lowest BCUT2D eigenvalue weighted by Gasteiger charge is -2.29. The fraction of sp³-hybridized carbons (Fsp3) is 0.647. The summed E-state index contributed by atoms with van der Waals surface area (Å²) in [6, 6.07) is 5.24. The molecule has 0 aromatic heterocycles. The number of halogens is 2. The van der Waals surface area contributed by atoms with Crippen LogP contribution in [-0.2, 0) is 0 Å². The van der Waals surface area contributed by atoms with Crippen LogP contribution >= 0.6 is 11.6 Å². The number of nitrogens with one attached hydrogen (secondary N) is 1. The van der Waals surface area contributed by atoms with E-state index in [9.17, 15) is 4.39 Å². The van der Waals surface area contributed by atoms with Crippen molar-refractivity contribution in [2.45, 2.75) is 52.0 Å². The summed E-state index contributed by atoms with van der Waals surface area (Å²) in [5.74, 6) is 1.38. The van der Waals surface area contributed by atoms with Gasteiger partial charge in [-0.2, -0.15) is 0 Å². The van der Waals surface area contributed by atoms with Crippen molar-refractivity contribution in [2.24, 2.45) is 11.8 Å². The minimum atomic E-state index is -0.332. The first-order valence-electron chi connectivity index (χ1n) is 7.78. The lowest BCUT2D eigenvalue weighted by molar-refractivity contribution is 0.258. The van der Waals surface area contributed by atoms with E-state index in [-0.39, 0.29) is 16.9 Å². The first-order valence-corrected chi connectivity index (χ1v) is 8.16. The monoisotopic (exact) mass is 297 g/mol. The topological polar surface area (TPSA) is 12.0 Å². The SMILES string of the molecule is CCC1CCC(CNC(C)c2ccc(Cl)c(F)c2)CC1. The Hall–Kier alpha value is -0.600. The maximum atomic E-state index is 13.5. The molecule has 2 rings (SSSR count). The van der Waals surface area contributed by atoms with Crippen LogP contribution < -0.4 is 5.32 Å². The summed E-state index contributed by atoms with van der Waals surface area (Å²) in [7, 11) is 0. The smallest absolute Gasteiger partial charge is 0.142 e. The Kier molecular flexibility index (Phi) is 5.86. The maximum Gasteiger partial charge on any atom is 0.142 e. The van der Waals surface area contributed by atoms with Gasteiger partial charge in [0.05, 0.1) is 5.02 Å². The third kappa shape index (κ3) is 4.20. The molecular weight excluding hydrogens is 273 g/mol. The van der Waals surface area contributed by atoms with Crippen LogP contribution in [0.4, 0.5) is 4.39 Å². The Morgan fingerprint density at radius 1 is 1.25 bits per heavy atom. The van der Waals surface area contributed by atoms with Crippen LogP contribution in [0.1, 0.15) is 57.6 Å². The number of hydrogen-bond acceptors (Lipinski definition) is 1. The molecule has 3 heteroatoms. The van der Waals surface area contributed by atoms with Crippen molar-refractivity contribution in [3.63, 3.8) is 0 Å². The van der Waals surface area contributed by atoms with Gasteiger partial charge in [0.1, 0.15) is 5.82 Å². The van der Waals surface area contributed by atoms with Crippen molar-refractivity contribution in [1.82, 2.24) is 5.32 Å². The number of rotatable bonds is 5. The van der Waals surface area contributed by atoms with Gasteiger partial charge in [0.2, 0.25) is 0 Å². The van der Waals surface area contributed by atoms with E-state index in [0.29, 0.717) is 0 Å². The van der Waals surface area contributed by atoms with Crippen molar-refractivity contribution in [3.8, 4) is 0 Å². The van der Waals surface area contributed by atoms with Gasteiger partial charge in [0, 0.05) is 6.04 Å². The molecule has 1 nitrogen and oxygen atoms in total. The number of benzene rings is 1. The zero-order valence-corrected chi connectivity index (χ0v) is 13.2. The van der Waals surface area contributed by atoms with Crippen molar-refractivity contribution in [2.75, 3.05) is 6.54 Å². The molecule has 1 aromatic carbocycles. The Morgan fingerprint density at radius 2 is 1.90 bits per heavy atom. The molecule has 1 aliphatic rings. The van der Waals surface area contributed by atoms with E-state index < -0.39 is 0 Å². The molecule has 112 valence electrons. The second-order valence-electron chi connectivity index (χ2n) is 6.10. The quantitative estimate of drug-likeness (QED) is 0.773. The van der Waals surface area contributed by atoms with Gasteiger partial charge in [-0.25, -0.2) is 4.39 Å². The van der Waals surface area contributed by atoms with E-state index in [2.05, 4.69) is 19.2 Å². The molecule has 1 saturated carbocycles. The van der Waals surface area contributed by atoms with Gasteiger partial charge in [-0.05, 0) is 55.8 Å². The molecule has 0 amide bonds. The van der Waals surface area contributed by atoms with Gasteiger partial charge in [0.15, 0.2) is 0 Å². The molecule has 1 N–H and O–H groups in total. The summed E-state index contributed by atoms with van der Waals surface area (Å²) < 4.78 is 13.5. The molecular formula is C17H25ClFN. The lowest BCUT2D eigenvalue weighted by atomic mass is 9.81. The van der Waals surface area contributed by atoms with Crippen molar-refractivity contribution in [1.29, 1.82) is 0 Å².